The molecule has 7 heteroatoms. The number of nitro benzene ring substituents is 1. The number of nitriles is 1. The van der Waals surface area contributed by atoms with E-state index in [9.17, 15) is 15.4 Å². The molecule has 28 heavy (non-hydrogen) atoms. The van der Waals surface area contributed by atoms with E-state index < -0.39 is 4.92 Å². The molecule has 0 aliphatic carbocycles. The molecular formula is C21H19N5O2. The lowest BCUT2D eigenvalue weighted by molar-refractivity contribution is -0.384. The van der Waals surface area contributed by atoms with Crippen LogP contribution >= 0.6 is 0 Å². The minimum absolute atomic E-state index is 0.0367. The van der Waals surface area contributed by atoms with Crippen LogP contribution in [0.25, 0.3) is 10.9 Å². The van der Waals surface area contributed by atoms with E-state index in [0.29, 0.717) is 16.5 Å². The first-order chi connectivity index (χ1) is 13.5. The van der Waals surface area contributed by atoms with Crippen LogP contribution in [0.5, 0.6) is 0 Å². The summed E-state index contributed by atoms with van der Waals surface area (Å²) >= 11 is 0. The van der Waals surface area contributed by atoms with Crippen molar-refractivity contribution >= 4 is 28.1 Å². The van der Waals surface area contributed by atoms with E-state index in [1.807, 2.05) is 0 Å². The van der Waals surface area contributed by atoms with Crippen LogP contribution in [0.2, 0.25) is 0 Å². The van der Waals surface area contributed by atoms with Crippen LogP contribution in [-0.4, -0.2) is 36.1 Å². The lowest BCUT2D eigenvalue weighted by Gasteiger charge is -2.37. The van der Waals surface area contributed by atoms with E-state index in [2.05, 4.69) is 52.0 Å². The Morgan fingerprint density at radius 1 is 1.07 bits per heavy atom. The molecule has 0 saturated carbocycles. The summed E-state index contributed by atoms with van der Waals surface area (Å²) in [5.41, 5.74) is 3.43. The van der Waals surface area contributed by atoms with Gasteiger partial charge in [-0.05, 0) is 36.8 Å². The van der Waals surface area contributed by atoms with Crippen LogP contribution in [0.1, 0.15) is 11.1 Å². The van der Waals surface area contributed by atoms with E-state index in [4.69, 9.17) is 0 Å². The number of pyridine rings is 1. The van der Waals surface area contributed by atoms with Gasteiger partial charge in [-0.1, -0.05) is 12.1 Å². The average molecular weight is 373 g/mol. The van der Waals surface area contributed by atoms with E-state index in [1.165, 1.54) is 23.4 Å². The molecule has 7 nitrogen and oxygen atoms in total. The van der Waals surface area contributed by atoms with E-state index >= 15 is 0 Å². The summed E-state index contributed by atoms with van der Waals surface area (Å²) in [6.07, 6.45) is 0. The van der Waals surface area contributed by atoms with Crippen molar-refractivity contribution in [3.63, 3.8) is 0 Å². The van der Waals surface area contributed by atoms with Gasteiger partial charge < -0.3 is 9.80 Å². The predicted molar refractivity (Wildman–Crippen MR) is 109 cm³/mol. The molecule has 0 spiro atoms. The molecule has 1 aromatic heterocycles. The first kappa shape index (κ1) is 17.7. The Morgan fingerprint density at radius 2 is 1.82 bits per heavy atom. The number of nitrogens with zero attached hydrogens (tertiary/aromatic N) is 5. The topological polar surface area (TPSA) is 86.3 Å². The van der Waals surface area contributed by atoms with Gasteiger partial charge >= 0.3 is 0 Å². The standard InChI is InChI=1S/C21H19N5O2/c1-15-3-2-4-17(11-15)24-7-9-25(10-8-24)21-12-16(14-22)19-13-18(26(27)28)5-6-20(19)23-21/h2-6,11-13H,7-10H2,1H3. The smallest absolute Gasteiger partial charge is 0.270 e. The third-order valence-electron chi connectivity index (χ3n) is 5.08. The number of hydrogen-bond donors (Lipinski definition) is 0. The molecule has 0 amide bonds. The minimum Gasteiger partial charge on any atom is -0.368 e. The van der Waals surface area contributed by atoms with E-state index in [1.54, 1.807) is 12.1 Å². The highest BCUT2D eigenvalue weighted by Gasteiger charge is 2.20. The fourth-order valence-corrected chi connectivity index (χ4v) is 3.59. The predicted octanol–water partition coefficient (Wildman–Crippen LogP) is 3.65. The second-order valence-corrected chi connectivity index (χ2v) is 6.91. The fourth-order valence-electron chi connectivity index (χ4n) is 3.59. The molecule has 0 atom stereocenters. The Morgan fingerprint density at radius 3 is 2.50 bits per heavy atom. The maximum atomic E-state index is 11.0. The lowest BCUT2D eigenvalue weighted by Crippen LogP contribution is -2.46. The largest absolute Gasteiger partial charge is 0.368 e. The number of rotatable bonds is 3. The van der Waals surface area contributed by atoms with Crippen LogP contribution in [0.15, 0.2) is 48.5 Å². The molecular weight excluding hydrogens is 354 g/mol. The maximum absolute atomic E-state index is 11.0. The van der Waals surface area contributed by atoms with Gasteiger partial charge in [-0.15, -0.1) is 0 Å². The number of piperazine rings is 1. The molecule has 4 rings (SSSR count). The average Bonchev–Trinajstić information content (AvgIpc) is 2.72. The summed E-state index contributed by atoms with van der Waals surface area (Å²) in [6, 6.07) is 16.8. The van der Waals surface area contributed by atoms with Crippen molar-refractivity contribution < 1.29 is 4.92 Å². The van der Waals surface area contributed by atoms with Crippen molar-refractivity contribution in [3.05, 3.63) is 69.8 Å². The summed E-state index contributed by atoms with van der Waals surface area (Å²) in [4.78, 5) is 19.7. The number of benzene rings is 2. The number of nitro groups is 1. The Labute approximate surface area is 162 Å². The number of fused-ring (bicyclic) bond motifs is 1. The molecule has 3 aromatic rings. The minimum atomic E-state index is -0.459. The van der Waals surface area contributed by atoms with Crippen LogP contribution in [0.4, 0.5) is 17.2 Å². The van der Waals surface area contributed by atoms with Gasteiger partial charge in [-0.2, -0.15) is 5.26 Å². The first-order valence-corrected chi connectivity index (χ1v) is 9.11. The van der Waals surface area contributed by atoms with Gasteiger partial charge in [0.05, 0.1) is 22.1 Å². The molecule has 140 valence electrons. The SMILES string of the molecule is Cc1cccc(N2CCN(c3cc(C#N)c4cc([N+](=O)[O-])ccc4n3)CC2)c1. The molecule has 0 bridgehead atoms. The van der Waals surface area contributed by atoms with E-state index in [0.717, 1.165) is 32.0 Å². The Balaban J connectivity index is 1.59. The zero-order valence-corrected chi connectivity index (χ0v) is 15.5. The first-order valence-electron chi connectivity index (χ1n) is 9.11. The molecule has 0 unspecified atom stereocenters. The van der Waals surface area contributed by atoms with Crippen molar-refractivity contribution in [3.8, 4) is 6.07 Å². The van der Waals surface area contributed by atoms with Crippen LogP contribution in [0, 0.1) is 28.4 Å². The van der Waals surface area contributed by atoms with Crippen molar-refractivity contribution in [2.75, 3.05) is 36.0 Å². The third-order valence-corrected chi connectivity index (χ3v) is 5.08. The Kier molecular flexibility index (Phi) is 4.53. The number of aromatic nitrogens is 1. The summed E-state index contributed by atoms with van der Waals surface area (Å²) in [5, 5.41) is 21.1. The zero-order chi connectivity index (χ0) is 19.7. The molecule has 1 fully saturated rings. The van der Waals surface area contributed by atoms with Gasteiger partial charge in [0, 0.05) is 49.4 Å². The molecule has 1 aliphatic heterocycles. The Bertz CT molecular complexity index is 1100. The van der Waals surface area contributed by atoms with Crippen molar-refractivity contribution in [1.29, 1.82) is 5.26 Å². The summed E-state index contributed by atoms with van der Waals surface area (Å²) < 4.78 is 0. The van der Waals surface area contributed by atoms with Crippen molar-refractivity contribution in [1.82, 2.24) is 4.98 Å². The van der Waals surface area contributed by atoms with Crippen molar-refractivity contribution in [2.45, 2.75) is 6.92 Å². The van der Waals surface area contributed by atoms with Gasteiger partial charge in [-0.25, -0.2) is 4.98 Å². The van der Waals surface area contributed by atoms with Gasteiger partial charge in [-0.3, -0.25) is 10.1 Å². The summed E-state index contributed by atoms with van der Waals surface area (Å²) in [6.45, 7) is 5.41. The number of aryl methyl sites for hydroxylation is 1. The van der Waals surface area contributed by atoms with E-state index in [-0.39, 0.29) is 5.69 Å². The Hall–Kier alpha value is -3.66. The zero-order valence-electron chi connectivity index (χ0n) is 15.5. The summed E-state index contributed by atoms with van der Waals surface area (Å²) in [7, 11) is 0. The highest BCUT2D eigenvalue weighted by molar-refractivity contribution is 5.88. The molecule has 0 N–H and O–H groups in total. The van der Waals surface area contributed by atoms with Gasteiger partial charge in [0.2, 0.25) is 0 Å². The molecule has 1 aliphatic rings. The number of anilines is 2. The second kappa shape index (κ2) is 7.16. The number of non-ortho nitro benzene ring substituents is 1. The third kappa shape index (κ3) is 3.32. The quantitative estimate of drug-likeness (QED) is 0.514. The van der Waals surface area contributed by atoms with Crippen LogP contribution < -0.4 is 9.80 Å². The van der Waals surface area contributed by atoms with Gasteiger partial charge in [0.15, 0.2) is 0 Å². The fraction of sp³-hybridized carbons (Fsp3) is 0.238. The molecule has 2 heterocycles. The number of hydrogen-bond acceptors (Lipinski definition) is 6. The normalized spacial score (nSPS) is 14.1. The van der Waals surface area contributed by atoms with Gasteiger partial charge in [0.1, 0.15) is 5.82 Å². The van der Waals surface area contributed by atoms with Gasteiger partial charge in [0.25, 0.3) is 5.69 Å². The maximum Gasteiger partial charge on any atom is 0.270 e. The highest BCUT2D eigenvalue weighted by atomic mass is 16.6. The lowest BCUT2D eigenvalue weighted by atomic mass is 10.1. The van der Waals surface area contributed by atoms with Crippen LogP contribution in [0.3, 0.4) is 0 Å². The van der Waals surface area contributed by atoms with Crippen molar-refractivity contribution in [2.24, 2.45) is 0 Å². The molecule has 0 radical (unpaired) electrons. The second-order valence-electron chi connectivity index (χ2n) is 6.91. The summed E-state index contributed by atoms with van der Waals surface area (Å²) in [5.74, 6) is 0.738. The van der Waals surface area contributed by atoms with Crippen LogP contribution in [-0.2, 0) is 0 Å². The highest BCUT2D eigenvalue weighted by Crippen LogP contribution is 2.27. The molecule has 1 saturated heterocycles. The molecule has 2 aromatic carbocycles. The monoisotopic (exact) mass is 373 g/mol.